The summed E-state index contributed by atoms with van der Waals surface area (Å²) >= 11 is 11.7. The van der Waals surface area contributed by atoms with Crippen LogP contribution < -0.4 is 11.3 Å². The molecular weight excluding hydrogens is 274 g/mol. The molecule has 0 radical (unpaired) electrons. The molecular formula is C11H15BCl2N2O2. The zero-order valence-electron chi connectivity index (χ0n) is 10.8. The molecule has 1 aliphatic heterocycles. The summed E-state index contributed by atoms with van der Waals surface area (Å²) in [6.45, 7) is 7.84. The minimum absolute atomic E-state index is 0.190. The van der Waals surface area contributed by atoms with Gasteiger partial charge in [0.15, 0.2) is 0 Å². The van der Waals surface area contributed by atoms with E-state index in [0.29, 0.717) is 16.3 Å². The third-order valence-corrected chi connectivity index (χ3v) is 4.14. The second-order valence-corrected chi connectivity index (χ2v) is 6.09. The second kappa shape index (κ2) is 4.27. The van der Waals surface area contributed by atoms with E-state index in [2.05, 4.69) is 4.98 Å². The summed E-state index contributed by atoms with van der Waals surface area (Å²) in [5.74, 6) is 0. The molecule has 1 aliphatic rings. The number of pyridine rings is 1. The fourth-order valence-electron chi connectivity index (χ4n) is 1.64. The first-order valence-corrected chi connectivity index (χ1v) is 6.37. The van der Waals surface area contributed by atoms with Crippen molar-refractivity contribution >= 4 is 41.6 Å². The van der Waals surface area contributed by atoms with E-state index in [0.717, 1.165) is 0 Å². The minimum Gasteiger partial charge on any atom is -0.398 e. The maximum Gasteiger partial charge on any atom is 0.516 e. The topological polar surface area (TPSA) is 57.4 Å². The number of hydrogen-bond donors (Lipinski definition) is 1. The van der Waals surface area contributed by atoms with Gasteiger partial charge < -0.3 is 15.0 Å². The zero-order valence-corrected chi connectivity index (χ0v) is 12.3. The lowest BCUT2D eigenvalue weighted by Crippen LogP contribution is -2.41. The van der Waals surface area contributed by atoms with Crippen molar-refractivity contribution in [3.8, 4) is 0 Å². The molecule has 0 amide bonds. The number of nitrogens with two attached hydrogens (primary N) is 1. The second-order valence-electron chi connectivity index (χ2n) is 5.32. The fraction of sp³-hybridized carbons (Fsp3) is 0.545. The summed E-state index contributed by atoms with van der Waals surface area (Å²) in [5.41, 5.74) is 5.86. The average Bonchev–Trinajstić information content (AvgIpc) is 2.42. The number of hydrogen-bond acceptors (Lipinski definition) is 4. The highest BCUT2D eigenvalue weighted by Crippen LogP contribution is 2.37. The van der Waals surface area contributed by atoms with Gasteiger partial charge in [0.2, 0.25) is 0 Å². The molecule has 98 valence electrons. The van der Waals surface area contributed by atoms with Crippen molar-refractivity contribution in [3.05, 3.63) is 16.2 Å². The number of halogens is 2. The number of nitrogen functional groups attached to an aromatic ring is 1. The van der Waals surface area contributed by atoms with Crippen LogP contribution in [0.15, 0.2) is 6.07 Å². The van der Waals surface area contributed by atoms with E-state index in [1.165, 1.54) is 0 Å². The van der Waals surface area contributed by atoms with Crippen molar-refractivity contribution in [3.63, 3.8) is 0 Å². The molecule has 0 atom stereocenters. The van der Waals surface area contributed by atoms with E-state index in [4.69, 9.17) is 38.2 Å². The summed E-state index contributed by atoms with van der Waals surface area (Å²) in [6, 6.07) is 1.55. The zero-order chi connectivity index (χ0) is 13.7. The maximum atomic E-state index is 5.90. The number of nitrogens with zero attached hydrogens (tertiary/aromatic N) is 1. The molecule has 0 saturated carbocycles. The monoisotopic (exact) mass is 288 g/mol. The SMILES string of the molecule is CC1(C)OB(c2nc(Cl)c(Cl)cc2N)OC1(C)C. The fourth-order valence-corrected chi connectivity index (χ4v) is 1.94. The van der Waals surface area contributed by atoms with Crippen LogP contribution in [-0.2, 0) is 9.31 Å². The smallest absolute Gasteiger partial charge is 0.398 e. The highest BCUT2D eigenvalue weighted by molar-refractivity contribution is 6.63. The number of anilines is 1. The lowest BCUT2D eigenvalue weighted by Gasteiger charge is -2.32. The van der Waals surface area contributed by atoms with Gasteiger partial charge in [0.05, 0.1) is 27.5 Å². The van der Waals surface area contributed by atoms with E-state index in [1.807, 2.05) is 27.7 Å². The van der Waals surface area contributed by atoms with Crippen LogP contribution >= 0.6 is 23.2 Å². The molecule has 4 nitrogen and oxygen atoms in total. The Kier molecular flexibility index (Phi) is 3.31. The van der Waals surface area contributed by atoms with E-state index in [1.54, 1.807) is 6.07 Å². The highest BCUT2D eigenvalue weighted by Gasteiger charge is 2.53. The van der Waals surface area contributed by atoms with Gasteiger partial charge >= 0.3 is 7.12 Å². The molecule has 2 N–H and O–H groups in total. The van der Waals surface area contributed by atoms with Gasteiger partial charge in [0.25, 0.3) is 0 Å². The Labute approximate surface area is 117 Å². The van der Waals surface area contributed by atoms with Gasteiger partial charge in [-0.1, -0.05) is 23.2 Å². The van der Waals surface area contributed by atoms with Crippen LogP contribution in [0.5, 0.6) is 0 Å². The van der Waals surface area contributed by atoms with E-state index in [9.17, 15) is 0 Å². The Morgan fingerprint density at radius 1 is 1.17 bits per heavy atom. The van der Waals surface area contributed by atoms with E-state index in [-0.39, 0.29) is 5.15 Å². The minimum atomic E-state index is -0.634. The van der Waals surface area contributed by atoms with Crippen molar-refractivity contribution in [1.82, 2.24) is 4.98 Å². The molecule has 2 rings (SSSR count). The molecule has 0 unspecified atom stereocenters. The molecule has 0 aliphatic carbocycles. The summed E-state index contributed by atoms with van der Waals surface area (Å²) in [6.07, 6.45) is 0. The Morgan fingerprint density at radius 3 is 2.17 bits per heavy atom. The summed E-state index contributed by atoms with van der Waals surface area (Å²) in [7, 11) is -0.634. The van der Waals surface area contributed by atoms with E-state index >= 15 is 0 Å². The molecule has 7 heteroatoms. The van der Waals surface area contributed by atoms with Gasteiger partial charge in [-0.3, -0.25) is 0 Å². The van der Waals surface area contributed by atoms with Crippen LogP contribution in [0.4, 0.5) is 5.69 Å². The first kappa shape index (κ1) is 13.9. The molecule has 0 spiro atoms. The van der Waals surface area contributed by atoms with Crippen molar-refractivity contribution in [2.24, 2.45) is 0 Å². The van der Waals surface area contributed by atoms with Crippen LogP contribution in [0, 0.1) is 0 Å². The van der Waals surface area contributed by atoms with Crippen LogP contribution in [0.2, 0.25) is 10.2 Å². The Bertz CT molecular complexity index is 478. The van der Waals surface area contributed by atoms with E-state index < -0.39 is 18.3 Å². The van der Waals surface area contributed by atoms with Gasteiger partial charge in [0.1, 0.15) is 5.15 Å². The summed E-state index contributed by atoms with van der Waals surface area (Å²) in [4.78, 5) is 4.14. The number of rotatable bonds is 1. The molecule has 1 fully saturated rings. The van der Waals surface area contributed by atoms with Crippen LogP contribution in [0.3, 0.4) is 0 Å². The highest BCUT2D eigenvalue weighted by atomic mass is 35.5. The van der Waals surface area contributed by atoms with Gasteiger partial charge in [-0.05, 0) is 33.8 Å². The predicted molar refractivity (Wildman–Crippen MR) is 74.4 cm³/mol. The Hall–Kier alpha value is -0.485. The molecule has 1 saturated heterocycles. The Morgan fingerprint density at radius 2 is 1.67 bits per heavy atom. The van der Waals surface area contributed by atoms with Gasteiger partial charge in [-0.15, -0.1) is 0 Å². The predicted octanol–water partition coefficient (Wildman–Crippen LogP) is 2.27. The number of aromatic nitrogens is 1. The lowest BCUT2D eigenvalue weighted by atomic mass is 9.83. The standard InChI is InChI=1S/C11H15BCl2N2O2/c1-10(2)11(3,4)18-12(17-10)8-7(15)5-6(13)9(14)16-8/h5H,15H2,1-4H3. The van der Waals surface area contributed by atoms with Gasteiger partial charge in [-0.2, -0.15) is 0 Å². The maximum absolute atomic E-state index is 5.90. The Balaban J connectivity index is 2.38. The summed E-state index contributed by atoms with van der Waals surface area (Å²) < 4.78 is 11.7. The summed E-state index contributed by atoms with van der Waals surface area (Å²) in [5, 5.41) is 0.505. The average molecular weight is 289 g/mol. The molecule has 1 aromatic rings. The molecule has 0 bridgehead atoms. The first-order chi connectivity index (χ1) is 8.14. The van der Waals surface area contributed by atoms with Gasteiger partial charge in [0, 0.05) is 0 Å². The third kappa shape index (κ3) is 2.20. The molecule has 2 heterocycles. The quantitative estimate of drug-likeness (QED) is 0.636. The van der Waals surface area contributed by atoms with Crippen molar-refractivity contribution in [1.29, 1.82) is 0 Å². The first-order valence-electron chi connectivity index (χ1n) is 5.61. The van der Waals surface area contributed by atoms with Crippen molar-refractivity contribution in [2.45, 2.75) is 38.9 Å². The van der Waals surface area contributed by atoms with Crippen LogP contribution in [-0.4, -0.2) is 23.3 Å². The normalized spacial score (nSPS) is 21.3. The largest absolute Gasteiger partial charge is 0.516 e. The molecule has 1 aromatic heterocycles. The third-order valence-electron chi connectivity index (χ3n) is 3.47. The van der Waals surface area contributed by atoms with Crippen molar-refractivity contribution in [2.75, 3.05) is 5.73 Å². The van der Waals surface area contributed by atoms with Gasteiger partial charge in [-0.25, -0.2) is 4.98 Å². The van der Waals surface area contributed by atoms with Crippen LogP contribution in [0.25, 0.3) is 0 Å². The molecule has 0 aromatic carbocycles. The molecule has 18 heavy (non-hydrogen) atoms. The van der Waals surface area contributed by atoms with Crippen LogP contribution in [0.1, 0.15) is 27.7 Å². The lowest BCUT2D eigenvalue weighted by molar-refractivity contribution is 0.00578. The van der Waals surface area contributed by atoms with Crippen molar-refractivity contribution < 1.29 is 9.31 Å².